The molecule has 0 bridgehead atoms. The fourth-order valence-corrected chi connectivity index (χ4v) is 5.01. The van der Waals surface area contributed by atoms with Gasteiger partial charge in [0.25, 0.3) is 0 Å². The zero-order chi connectivity index (χ0) is 22.0. The van der Waals surface area contributed by atoms with Crippen molar-refractivity contribution in [3.8, 4) is 6.07 Å². The number of ketones is 1. The van der Waals surface area contributed by atoms with Crippen molar-refractivity contribution in [3.05, 3.63) is 74.3 Å². The van der Waals surface area contributed by atoms with Gasteiger partial charge in [-0.25, -0.2) is 0 Å². The van der Waals surface area contributed by atoms with Crippen molar-refractivity contribution in [1.82, 2.24) is 5.32 Å². The number of dihydropyridines is 1. The van der Waals surface area contributed by atoms with Crippen LogP contribution in [0.5, 0.6) is 0 Å². The Labute approximate surface area is 193 Å². The molecule has 1 aliphatic heterocycles. The molecule has 2 heterocycles. The fourth-order valence-electron chi connectivity index (χ4n) is 3.69. The van der Waals surface area contributed by atoms with Crippen LogP contribution in [0.25, 0.3) is 0 Å². The summed E-state index contributed by atoms with van der Waals surface area (Å²) < 4.78 is 5.56. The number of rotatable bonds is 5. The van der Waals surface area contributed by atoms with E-state index in [0.717, 1.165) is 12.1 Å². The zero-order valence-corrected chi connectivity index (χ0v) is 18.5. The van der Waals surface area contributed by atoms with Crippen molar-refractivity contribution in [1.29, 1.82) is 5.26 Å². The average Bonchev–Trinajstić information content (AvgIpc) is 3.28. The topological polar surface area (TPSA) is 95.1 Å². The molecule has 1 aromatic heterocycles. The van der Waals surface area contributed by atoms with Crippen molar-refractivity contribution in [2.24, 2.45) is 0 Å². The number of Topliss-reactive ketones (excluding diaryl/α,β-unsaturated/α-hetero) is 1. The first-order chi connectivity index (χ1) is 15.0. The van der Waals surface area contributed by atoms with Gasteiger partial charge in [0.15, 0.2) is 5.78 Å². The maximum absolute atomic E-state index is 12.7. The van der Waals surface area contributed by atoms with E-state index in [1.165, 1.54) is 18.0 Å². The Morgan fingerprint density at radius 2 is 2.16 bits per heavy atom. The minimum Gasteiger partial charge on any atom is -0.468 e. The highest BCUT2D eigenvalue weighted by molar-refractivity contribution is 8.03. The molecular weight excluding hydrogens is 457 g/mol. The Bertz CT molecular complexity index is 1150. The molecule has 1 aliphatic carbocycles. The molecule has 0 radical (unpaired) electrons. The highest BCUT2D eigenvalue weighted by atomic mass is 35.5. The molecule has 2 N–H and O–H groups in total. The number of nitrogens with one attached hydrogen (secondary N) is 2. The number of thioether (sulfide) groups is 1. The molecule has 158 valence electrons. The number of carbonyl (C=O) groups excluding carboxylic acids is 2. The van der Waals surface area contributed by atoms with E-state index in [4.69, 9.17) is 27.6 Å². The van der Waals surface area contributed by atoms with Crippen molar-refractivity contribution in [2.45, 2.75) is 25.2 Å². The monoisotopic (exact) mass is 473 g/mol. The first-order valence-corrected chi connectivity index (χ1v) is 11.3. The van der Waals surface area contributed by atoms with Gasteiger partial charge in [-0.3, -0.25) is 9.59 Å². The molecule has 0 fully saturated rings. The number of anilines is 1. The van der Waals surface area contributed by atoms with Crippen LogP contribution in [0.3, 0.4) is 0 Å². The van der Waals surface area contributed by atoms with Crippen LogP contribution in [0, 0.1) is 11.3 Å². The quantitative estimate of drug-likeness (QED) is 0.604. The van der Waals surface area contributed by atoms with Gasteiger partial charge >= 0.3 is 0 Å². The summed E-state index contributed by atoms with van der Waals surface area (Å²) in [6.07, 6.45) is 3.41. The van der Waals surface area contributed by atoms with Crippen molar-refractivity contribution in [2.75, 3.05) is 11.1 Å². The second-order valence-electron chi connectivity index (χ2n) is 7.06. The molecule has 0 saturated heterocycles. The number of hydrogen-bond acceptors (Lipinski definition) is 6. The molecule has 2 aliphatic rings. The number of halogens is 2. The van der Waals surface area contributed by atoms with Gasteiger partial charge in [0, 0.05) is 22.7 Å². The average molecular weight is 474 g/mol. The predicted molar refractivity (Wildman–Crippen MR) is 121 cm³/mol. The second-order valence-corrected chi connectivity index (χ2v) is 8.89. The van der Waals surface area contributed by atoms with Crippen molar-refractivity contribution >= 4 is 52.3 Å². The fraction of sp³-hybridized carbons (Fsp3) is 0.227. The molecule has 1 aromatic carbocycles. The minimum atomic E-state index is -0.569. The van der Waals surface area contributed by atoms with E-state index in [1.807, 2.05) is 0 Å². The Hall–Kier alpha value is -2.66. The summed E-state index contributed by atoms with van der Waals surface area (Å²) in [4.78, 5) is 25.2. The summed E-state index contributed by atoms with van der Waals surface area (Å²) >= 11 is 13.2. The maximum atomic E-state index is 12.7. The molecule has 0 spiro atoms. The SMILES string of the molecule is N#CC1=C(SCC(=O)Nc2ccc(Cl)cc2Cl)NC2=C(C(=O)CCC2)C1c1ccco1. The molecule has 2 aromatic rings. The Kier molecular flexibility index (Phi) is 6.42. The van der Waals surface area contributed by atoms with Gasteiger partial charge in [-0.2, -0.15) is 5.26 Å². The van der Waals surface area contributed by atoms with Gasteiger partial charge in [0.2, 0.25) is 5.91 Å². The summed E-state index contributed by atoms with van der Waals surface area (Å²) in [5, 5.41) is 17.2. The van der Waals surface area contributed by atoms with E-state index in [1.54, 1.807) is 30.3 Å². The first kappa shape index (κ1) is 21.6. The van der Waals surface area contributed by atoms with Crippen LogP contribution in [0.1, 0.15) is 30.9 Å². The highest BCUT2D eigenvalue weighted by Crippen LogP contribution is 2.44. The third-order valence-corrected chi connectivity index (χ3v) is 6.61. The zero-order valence-electron chi connectivity index (χ0n) is 16.2. The standard InChI is InChI=1S/C22H17Cl2N3O3S/c23-12-6-7-15(14(24)9-12)26-19(29)11-31-22-13(10-25)20(18-5-2-8-30-18)21-16(27-22)3-1-4-17(21)28/h2,5-9,20,27H,1,3-4,11H2,(H,26,29). The molecule has 1 amide bonds. The number of nitrogens with zero attached hydrogens (tertiary/aromatic N) is 1. The van der Waals surface area contributed by atoms with Gasteiger partial charge in [-0.1, -0.05) is 35.0 Å². The van der Waals surface area contributed by atoms with Gasteiger partial charge in [-0.15, -0.1) is 0 Å². The van der Waals surface area contributed by atoms with Gasteiger partial charge in [0.1, 0.15) is 5.76 Å². The first-order valence-electron chi connectivity index (χ1n) is 9.56. The Morgan fingerprint density at radius 1 is 1.32 bits per heavy atom. The van der Waals surface area contributed by atoms with E-state index >= 15 is 0 Å². The number of hydrogen-bond donors (Lipinski definition) is 2. The van der Waals surface area contributed by atoms with Gasteiger partial charge in [-0.05, 0) is 43.2 Å². The summed E-state index contributed by atoms with van der Waals surface area (Å²) in [5.41, 5.74) is 2.20. The van der Waals surface area contributed by atoms with Crippen LogP contribution in [-0.4, -0.2) is 17.4 Å². The molecule has 9 heteroatoms. The van der Waals surface area contributed by atoms with Gasteiger partial charge in [0.05, 0.1) is 45.3 Å². The summed E-state index contributed by atoms with van der Waals surface area (Å²) in [5.74, 6) is -0.248. The highest BCUT2D eigenvalue weighted by Gasteiger charge is 2.38. The largest absolute Gasteiger partial charge is 0.468 e. The van der Waals surface area contributed by atoms with E-state index in [2.05, 4.69) is 16.7 Å². The smallest absolute Gasteiger partial charge is 0.234 e. The van der Waals surface area contributed by atoms with E-state index in [0.29, 0.717) is 50.5 Å². The maximum Gasteiger partial charge on any atom is 0.234 e. The lowest BCUT2D eigenvalue weighted by atomic mass is 9.79. The third-order valence-electron chi connectivity index (χ3n) is 5.04. The van der Waals surface area contributed by atoms with Crippen LogP contribution >= 0.6 is 35.0 Å². The van der Waals surface area contributed by atoms with Crippen molar-refractivity contribution < 1.29 is 14.0 Å². The van der Waals surface area contributed by atoms with Crippen LogP contribution in [0.2, 0.25) is 10.0 Å². The minimum absolute atomic E-state index is 0.0158. The molecule has 1 unspecified atom stereocenters. The molecule has 31 heavy (non-hydrogen) atoms. The number of carbonyl (C=O) groups is 2. The third kappa shape index (κ3) is 4.52. The number of benzene rings is 1. The summed E-state index contributed by atoms with van der Waals surface area (Å²) in [7, 11) is 0. The van der Waals surface area contributed by atoms with Gasteiger partial charge < -0.3 is 15.1 Å². The molecule has 4 rings (SSSR count). The Morgan fingerprint density at radius 3 is 2.87 bits per heavy atom. The predicted octanol–water partition coefficient (Wildman–Crippen LogP) is 5.39. The molecule has 6 nitrogen and oxygen atoms in total. The van der Waals surface area contributed by atoms with Crippen molar-refractivity contribution in [3.63, 3.8) is 0 Å². The number of amides is 1. The number of furan rings is 1. The lowest BCUT2D eigenvalue weighted by Gasteiger charge is -2.32. The Balaban J connectivity index is 1.57. The number of nitriles is 1. The van der Waals surface area contributed by atoms with E-state index in [-0.39, 0.29) is 17.4 Å². The normalized spacial score (nSPS) is 18.4. The summed E-state index contributed by atoms with van der Waals surface area (Å²) in [6.45, 7) is 0. The lowest BCUT2D eigenvalue weighted by molar-refractivity contribution is -0.116. The molecular formula is C22H17Cl2N3O3S. The number of allylic oxidation sites excluding steroid dienone is 3. The lowest BCUT2D eigenvalue weighted by Crippen LogP contribution is -2.31. The van der Waals surface area contributed by atoms with Crippen LogP contribution in [-0.2, 0) is 9.59 Å². The molecule has 1 atom stereocenters. The second kappa shape index (κ2) is 9.23. The van der Waals surface area contributed by atoms with Crippen LogP contribution in [0.15, 0.2) is 62.9 Å². The van der Waals surface area contributed by atoms with E-state index < -0.39 is 5.92 Å². The van der Waals surface area contributed by atoms with E-state index in [9.17, 15) is 14.9 Å². The summed E-state index contributed by atoms with van der Waals surface area (Å²) in [6, 6.07) is 10.5. The molecule has 0 saturated carbocycles. The van der Waals surface area contributed by atoms with Crippen LogP contribution < -0.4 is 10.6 Å². The van der Waals surface area contributed by atoms with Crippen LogP contribution in [0.4, 0.5) is 5.69 Å².